The Hall–Kier alpha value is -1.91. The van der Waals surface area contributed by atoms with Gasteiger partial charge in [-0.25, -0.2) is 9.59 Å². The normalized spacial score (nSPS) is 9.53. The van der Waals surface area contributed by atoms with Crippen LogP contribution in [-0.2, 0) is 9.47 Å². The third kappa shape index (κ3) is 2.31. The van der Waals surface area contributed by atoms with Crippen molar-refractivity contribution in [3.8, 4) is 0 Å². The Bertz CT molecular complexity index is 400. The molecule has 0 aromatic carbocycles. The van der Waals surface area contributed by atoms with Gasteiger partial charge >= 0.3 is 11.9 Å². The SMILES string of the molecule is COC(=O)c1cnc(C)cc1C(=O)OC. The Morgan fingerprint density at radius 2 is 1.67 bits per heavy atom. The molecule has 0 bridgehead atoms. The van der Waals surface area contributed by atoms with Crippen molar-refractivity contribution in [1.82, 2.24) is 4.98 Å². The van der Waals surface area contributed by atoms with Gasteiger partial charge < -0.3 is 9.47 Å². The molecule has 1 aromatic rings. The minimum absolute atomic E-state index is 0.106. The van der Waals surface area contributed by atoms with E-state index in [9.17, 15) is 9.59 Å². The van der Waals surface area contributed by atoms with Crippen molar-refractivity contribution in [2.45, 2.75) is 6.92 Å². The number of carbonyl (C=O) groups is 2. The Morgan fingerprint density at radius 3 is 2.20 bits per heavy atom. The summed E-state index contributed by atoms with van der Waals surface area (Å²) in [7, 11) is 2.49. The molecule has 0 atom stereocenters. The van der Waals surface area contributed by atoms with Crippen LogP contribution in [0.25, 0.3) is 0 Å². The van der Waals surface area contributed by atoms with Crippen molar-refractivity contribution in [2.75, 3.05) is 14.2 Å². The number of aromatic nitrogens is 1. The van der Waals surface area contributed by atoms with Crippen molar-refractivity contribution in [3.63, 3.8) is 0 Å². The highest BCUT2D eigenvalue weighted by molar-refractivity contribution is 6.02. The molecule has 80 valence electrons. The van der Waals surface area contributed by atoms with E-state index in [4.69, 9.17) is 0 Å². The lowest BCUT2D eigenvalue weighted by molar-refractivity contribution is 0.0554. The van der Waals surface area contributed by atoms with E-state index in [1.54, 1.807) is 6.92 Å². The number of nitrogens with zero attached hydrogens (tertiary/aromatic N) is 1. The highest BCUT2D eigenvalue weighted by Crippen LogP contribution is 2.11. The van der Waals surface area contributed by atoms with Crippen LogP contribution in [-0.4, -0.2) is 31.1 Å². The Kier molecular flexibility index (Phi) is 3.38. The zero-order valence-electron chi connectivity index (χ0n) is 8.73. The van der Waals surface area contributed by atoms with Crippen LogP contribution in [0.15, 0.2) is 12.3 Å². The van der Waals surface area contributed by atoms with Crippen molar-refractivity contribution in [3.05, 3.63) is 29.1 Å². The fourth-order valence-corrected chi connectivity index (χ4v) is 1.11. The molecule has 0 unspecified atom stereocenters. The van der Waals surface area contributed by atoms with Gasteiger partial charge in [0.2, 0.25) is 0 Å². The molecule has 5 heteroatoms. The molecule has 1 heterocycles. The summed E-state index contributed by atoms with van der Waals surface area (Å²) in [4.78, 5) is 26.6. The largest absolute Gasteiger partial charge is 0.465 e. The van der Waals surface area contributed by atoms with E-state index in [1.165, 1.54) is 26.5 Å². The van der Waals surface area contributed by atoms with Crippen LogP contribution in [0, 0.1) is 6.92 Å². The molecule has 0 aliphatic carbocycles. The average Bonchev–Trinajstić information content (AvgIpc) is 2.26. The van der Waals surface area contributed by atoms with Crippen molar-refractivity contribution >= 4 is 11.9 Å². The van der Waals surface area contributed by atoms with E-state index in [0.717, 1.165) is 0 Å². The van der Waals surface area contributed by atoms with E-state index < -0.39 is 11.9 Å². The van der Waals surface area contributed by atoms with Crippen LogP contribution in [0.4, 0.5) is 0 Å². The lowest BCUT2D eigenvalue weighted by atomic mass is 10.1. The summed E-state index contributed by atoms with van der Waals surface area (Å²) in [5, 5.41) is 0. The first-order valence-electron chi connectivity index (χ1n) is 4.23. The molecule has 0 aliphatic heterocycles. The molecule has 1 rings (SSSR count). The lowest BCUT2D eigenvalue weighted by Gasteiger charge is -2.06. The summed E-state index contributed by atoms with van der Waals surface area (Å²) >= 11 is 0. The van der Waals surface area contributed by atoms with Gasteiger partial charge in [0.05, 0.1) is 25.3 Å². The summed E-state index contributed by atoms with van der Waals surface area (Å²) < 4.78 is 9.08. The van der Waals surface area contributed by atoms with Crippen LogP contribution < -0.4 is 0 Å². The van der Waals surface area contributed by atoms with Gasteiger partial charge in [0, 0.05) is 11.9 Å². The third-order valence-corrected chi connectivity index (χ3v) is 1.85. The van der Waals surface area contributed by atoms with Crippen LogP contribution in [0.3, 0.4) is 0 Å². The number of esters is 2. The molecule has 15 heavy (non-hydrogen) atoms. The van der Waals surface area contributed by atoms with Crippen molar-refractivity contribution in [2.24, 2.45) is 0 Å². The van der Waals surface area contributed by atoms with Crippen LogP contribution >= 0.6 is 0 Å². The lowest BCUT2D eigenvalue weighted by Crippen LogP contribution is -2.12. The Balaban J connectivity index is 3.26. The monoisotopic (exact) mass is 209 g/mol. The molecular weight excluding hydrogens is 198 g/mol. The summed E-state index contributed by atoms with van der Waals surface area (Å²) in [6.45, 7) is 1.72. The summed E-state index contributed by atoms with van der Waals surface area (Å²) in [6, 6.07) is 1.48. The maximum Gasteiger partial charge on any atom is 0.340 e. The molecule has 0 saturated carbocycles. The second kappa shape index (κ2) is 4.54. The molecule has 0 saturated heterocycles. The fraction of sp³-hybridized carbons (Fsp3) is 0.300. The average molecular weight is 209 g/mol. The maximum atomic E-state index is 11.3. The first kappa shape index (κ1) is 11.2. The zero-order chi connectivity index (χ0) is 11.4. The molecule has 0 amide bonds. The minimum atomic E-state index is -0.608. The van der Waals surface area contributed by atoms with Crippen molar-refractivity contribution < 1.29 is 19.1 Å². The van der Waals surface area contributed by atoms with E-state index in [0.29, 0.717) is 5.69 Å². The predicted molar refractivity (Wildman–Crippen MR) is 51.7 cm³/mol. The molecule has 0 aliphatic rings. The van der Waals surface area contributed by atoms with Gasteiger partial charge in [0.25, 0.3) is 0 Å². The first-order valence-corrected chi connectivity index (χ1v) is 4.23. The molecule has 1 aromatic heterocycles. The zero-order valence-corrected chi connectivity index (χ0v) is 8.73. The third-order valence-electron chi connectivity index (χ3n) is 1.85. The van der Waals surface area contributed by atoms with E-state index in [2.05, 4.69) is 14.5 Å². The Labute approximate surface area is 87.0 Å². The number of rotatable bonds is 2. The van der Waals surface area contributed by atoms with Gasteiger partial charge in [-0.15, -0.1) is 0 Å². The quantitative estimate of drug-likeness (QED) is 0.679. The molecule has 0 N–H and O–H groups in total. The number of carbonyl (C=O) groups excluding carboxylic acids is 2. The molecular formula is C10H11NO4. The van der Waals surface area contributed by atoms with Gasteiger partial charge in [-0.1, -0.05) is 0 Å². The predicted octanol–water partition coefficient (Wildman–Crippen LogP) is 0.963. The smallest absolute Gasteiger partial charge is 0.340 e. The number of methoxy groups -OCH3 is 2. The highest BCUT2D eigenvalue weighted by Gasteiger charge is 2.18. The van der Waals surface area contributed by atoms with E-state index >= 15 is 0 Å². The number of hydrogen-bond acceptors (Lipinski definition) is 5. The first-order chi connectivity index (χ1) is 7.10. The van der Waals surface area contributed by atoms with Gasteiger partial charge in [0.15, 0.2) is 0 Å². The van der Waals surface area contributed by atoms with Gasteiger partial charge in [-0.3, -0.25) is 4.98 Å². The molecule has 0 spiro atoms. The van der Waals surface area contributed by atoms with Crippen LogP contribution in [0.5, 0.6) is 0 Å². The number of pyridine rings is 1. The number of ether oxygens (including phenoxy) is 2. The van der Waals surface area contributed by atoms with Gasteiger partial charge in [-0.2, -0.15) is 0 Å². The van der Waals surface area contributed by atoms with Crippen molar-refractivity contribution in [1.29, 1.82) is 0 Å². The number of hydrogen-bond donors (Lipinski definition) is 0. The Morgan fingerprint density at radius 1 is 1.13 bits per heavy atom. The highest BCUT2D eigenvalue weighted by atomic mass is 16.5. The molecule has 5 nitrogen and oxygen atoms in total. The minimum Gasteiger partial charge on any atom is -0.465 e. The summed E-state index contributed by atoms with van der Waals surface area (Å²) in [6.07, 6.45) is 1.30. The second-order valence-corrected chi connectivity index (χ2v) is 2.85. The fourth-order valence-electron chi connectivity index (χ4n) is 1.11. The summed E-state index contributed by atoms with van der Waals surface area (Å²) in [5.74, 6) is -1.19. The molecule has 0 radical (unpaired) electrons. The standard InChI is InChI=1S/C10H11NO4/c1-6-4-7(9(12)14-2)8(5-11-6)10(13)15-3/h4-5H,1-3H3. The summed E-state index contributed by atoms with van der Waals surface area (Å²) in [5.41, 5.74) is 0.898. The maximum absolute atomic E-state index is 11.3. The van der Waals surface area contributed by atoms with Gasteiger partial charge in [-0.05, 0) is 13.0 Å². The van der Waals surface area contributed by atoms with Crippen LogP contribution in [0.2, 0.25) is 0 Å². The van der Waals surface area contributed by atoms with Gasteiger partial charge in [0.1, 0.15) is 0 Å². The molecule has 0 fully saturated rings. The topological polar surface area (TPSA) is 65.5 Å². The van der Waals surface area contributed by atoms with Crippen LogP contribution in [0.1, 0.15) is 26.4 Å². The van der Waals surface area contributed by atoms with E-state index in [-0.39, 0.29) is 11.1 Å². The number of aryl methyl sites for hydroxylation is 1. The van der Waals surface area contributed by atoms with E-state index in [1.807, 2.05) is 0 Å². The second-order valence-electron chi connectivity index (χ2n) is 2.85.